The molecule has 0 unspecified atom stereocenters. The molecule has 6 aromatic rings. The molecule has 0 aliphatic heterocycles. The molecule has 291 valence electrons. The summed E-state index contributed by atoms with van der Waals surface area (Å²) in [5.41, 5.74) is 6.17. The number of carboxylic acids is 2. The van der Waals surface area contributed by atoms with Crippen LogP contribution in [0.4, 0.5) is 11.4 Å². The van der Waals surface area contributed by atoms with E-state index in [1.807, 2.05) is 31.2 Å². The van der Waals surface area contributed by atoms with Crippen molar-refractivity contribution >= 4 is 58.9 Å². The summed E-state index contributed by atoms with van der Waals surface area (Å²) in [4.78, 5) is 31.6. The van der Waals surface area contributed by atoms with Crippen LogP contribution in [0.3, 0.4) is 0 Å². The van der Waals surface area contributed by atoms with Crippen LogP contribution in [0, 0.1) is 34.6 Å². The van der Waals surface area contributed by atoms with Gasteiger partial charge in [-0.3, -0.25) is 9.98 Å². The molecule has 4 N–H and O–H groups in total. The van der Waals surface area contributed by atoms with E-state index in [1.165, 1.54) is 33.9 Å². The number of rotatable bonds is 9. The Morgan fingerprint density at radius 3 is 1.39 bits per heavy atom. The number of aromatic hydroxyl groups is 2. The molecular formula is C40H36Cl2CoN6O7. The van der Waals surface area contributed by atoms with Crippen molar-refractivity contribution in [2.24, 2.45) is 9.98 Å². The van der Waals surface area contributed by atoms with Gasteiger partial charge in [0.05, 0.1) is 63.5 Å². The zero-order valence-corrected chi connectivity index (χ0v) is 33.4. The minimum Gasteiger partial charge on any atom is -0.497 e. The number of halogens is 2. The van der Waals surface area contributed by atoms with Gasteiger partial charge in [-0.2, -0.15) is 10.2 Å². The second-order valence-electron chi connectivity index (χ2n) is 12.4. The summed E-state index contributed by atoms with van der Waals surface area (Å²) < 4.78 is 7.93. The monoisotopic (exact) mass is 841 g/mol. The van der Waals surface area contributed by atoms with Crippen LogP contribution >= 0.6 is 23.2 Å². The summed E-state index contributed by atoms with van der Waals surface area (Å²) in [5, 5.41) is 49.3. The minimum absolute atomic E-state index is 0. The van der Waals surface area contributed by atoms with Crippen LogP contribution < -0.4 is 4.74 Å². The molecule has 2 heterocycles. The van der Waals surface area contributed by atoms with Crippen molar-refractivity contribution in [3.8, 4) is 28.9 Å². The first-order valence-corrected chi connectivity index (χ1v) is 17.3. The van der Waals surface area contributed by atoms with Gasteiger partial charge in [0.2, 0.25) is 11.8 Å². The van der Waals surface area contributed by atoms with Crippen LogP contribution in [0.25, 0.3) is 11.4 Å². The number of carboxylic acid groups (broad SMARTS) is 2. The summed E-state index contributed by atoms with van der Waals surface area (Å²) in [6.45, 7) is 8.91. The molecule has 0 saturated heterocycles. The second kappa shape index (κ2) is 18.1. The van der Waals surface area contributed by atoms with Crippen LogP contribution in [0.15, 0.2) is 82.8 Å². The SMILES string of the molecule is COc1ccc(-n2nc(C)c(C=Nc3c(C)cc(Cl)cc3C(=O)O)c2O)cc1.Cc1ccc(-n2nc(C)c(C=Nc3c(C)cc(Cl)cc3C(=O)O)c2O)cc1.[Co]. The Labute approximate surface area is 342 Å². The molecule has 13 nitrogen and oxygen atoms in total. The van der Waals surface area contributed by atoms with E-state index in [-0.39, 0.29) is 51.0 Å². The number of hydrogen-bond acceptors (Lipinski definition) is 9. The number of methoxy groups -OCH3 is 1. The fourth-order valence-corrected chi connectivity index (χ4v) is 6.07. The smallest absolute Gasteiger partial charge is 0.337 e. The molecule has 0 aliphatic rings. The molecule has 6 rings (SSSR count). The molecule has 0 amide bonds. The predicted molar refractivity (Wildman–Crippen MR) is 212 cm³/mol. The fraction of sp³-hybridized carbons (Fsp3) is 0.150. The molecule has 0 bridgehead atoms. The van der Waals surface area contributed by atoms with E-state index in [4.69, 9.17) is 27.9 Å². The van der Waals surface area contributed by atoms with Crippen molar-refractivity contribution < 1.29 is 51.5 Å². The minimum atomic E-state index is -1.13. The number of aromatic carboxylic acids is 2. The van der Waals surface area contributed by atoms with Crippen molar-refractivity contribution in [2.45, 2.75) is 34.6 Å². The number of nitrogens with zero attached hydrogens (tertiary/aromatic N) is 6. The second-order valence-corrected chi connectivity index (χ2v) is 13.2. The van der Waals surface area contributed by atoms with Gasteiger partial charge in [0.1, 0.15) is 5.75 Å². The van der Waals surface area contributed by atoms with Crippen molar-refractivity contribution in [1.29, 1.82) is 0 Å². The van der Waals surface area contributed by atoms with Crippen LogP contribution in [0.2, 0.25) is 10.0 Å². The molecular weight excluding hydrogens is 806 g/mol. The van der Waals surface area contributed by atoms with E-state index in [9.17, 15) is 30.0 Å². The van der Waals surface area contributed by atoms with Gasteiger partial charge >= 0.3 is 11.9 Å². The first-order chi connectivity index (χ1) is 26.1. The van der Waals surface area contributed by atoms with Crippen LogP contribution in [0.5, 0.6) is 17.5 Å². The normalized spacial score (nSPS) is 11.0. The number of aliphatic imine (C=N–C) groups is 2. The fourth-order valence-electron chi connectivity index (χ4n) is 5.52. The molecule has 0 atom stereocenters. The number of ether oxygens (including phenoxy) is 1. The predicted octanol–water partition coefficient (Wildman–Crippen LogP) is 8.91. The number of aryl methyl sites for hydroxylation is 5. The van der Waals surface area contributed by atoms with Gasteiger partial charge in [0, 0.05) is 39.3 Å². The van der Waals surface area contributed by atoms with Crippen molar-refractivity contribution in [1.82, 2.24) is 19.6 Å². The van der Waals surface area contributed by atoms with Gasteiger partial charge < -0.3 is 25.2 Å². The molecule has 4 aromatic carbocycles. The number of benzene rings is 4. The van der Waals surface area contributed by atoms with Gasteiger partial charge in [0.25, 0.3) is 0 Å². The Morgan fingerprint density at radius 2 is 1.04 bits per heavy atom. The van der Waals surface area contributed by atoms with Gasteiger partial charge in [-0.25, -0.2) is 19.0 Å². The third kappa shape index (κ3) is 9.46. The quantitative estimate of drug-likeness (QED) is 0.103. The Hall–Kier alpha value is -5.93. The van der Waals surface area contributed by atoms with E-state index in [1.54, 1.807) is 71.2 Å². The molecule has 2 aromatic heterocycles. The molecule has 16 heteroatoms. The molecule has 0 spiro atoms. The molecule has 0 aliphatic carbocycles. The van der Waals surface area contributed by atoms with Crippen LogP contribution in [-0.2, 0) is 16.8 Å². The summed E-state index contributed by atoms with van der Waals surface area (Å²) in [7, 11) is 1.57. The van der Waals surface area contributed by atoms with E-state index in [2.05, 4.69) is 20.2 Å². The van der Waals surface area contributed by atoms with E-state index < -0.39 is 11.9 Å². The number of hydrogen-bond donors (Lipinski definition) is 4. The molecule has 1 radical (unpaired) electrons. The van der Waals surface area contributed by atoms with E-state index in [0.717, 1.165) is 11.3 Å². The molecule has 0 fully saturated rings. The number of aromatic nitrogens is 4. The maximum atomic E-state index is 11.5. The average Bonchev–Trinajstić information content (AvgIpc) is 3.59. The van der Waals surface area contributed by atoms with E-state index in [0.29, 0.717) is 55.1 Å². The number of carbonyl (C=O) groups is 2. The first-order valence-electron chi connectivity index (χ1n) is 16.5. The molecule has 56 heavy (non-hydrogen) atoms. The van der Waals surface area contributed by atoms with Crippen molar-refractivity contribution in [2.75, 3.05) is 7.11 Å². The Balaban J connectivity index is 0.000000244. The van der Waals surface area contributed by atoms with Gasteiger partial charge in [-0.05, 0) is 106 Å². The third-order valence-electron chi connectivity index (χ3n) is 8.39. The zero-order chi connectivity index (χ0) is 40.1. The average molecular weight is 843 g/mol. The van der Waals surface area contributed by atoms with Crippen molar-refractivity contribution in [3.63, 3.8) is 0 Å². The largest absolute Gasteiger partial charge is 0.497 e. The third-order valence-corrected chi connectivity index (χ3v) is 8.83. The Kier molecular flexibility index (Phi) is 13.9. The standard InChI is InChI=1S/C20H18ClN3O4.C20H18ClN3O3.Co/c1-11-8-13(21)9-16(20(26)27)18(11)22-10-17-12(2)23-24(19(17)25)14-4-6-15(28-3)7-5-14;1-11-4-6-15(7-5-11)24-19(25)17(13(3)23-24)10-22-18-12(2)8-14(21)9-16(18)20(26)27;/h4-10,25H,1-3H3,(H,26,27);4-10,25H,1-3H3,(H,26,27);. The van der Waals surface area contributed by atoms with Gasteiger partial charge in [0.15, 0.2) is 0 Å². The van der Waals surface area contributed by atoms with Gasteiger partial charge in [-0.15, -0.1) is 0 Å². The Morgan fingerprint density at radius 1 is 0.661 bits per heavy atom. The summed E-state index contributed by atoms with van der Waals surface area (Å²) >= 11 is 11.9. The first kappa shape index (κ1) is 42.8. The van der Waals surface area contributed by atoms with E-state index >= 15 is 0 Å². The van der Waals surface area contributed by atoms with Crippen LogP contribution in [0.1, 0.15) is 59.9 Å². The maximum Gasteiger partial charge on any atom is 0.337 e. The summed E-state index contributed by atoms with van der Waals surface area (Å²) in [6.07, 6.45) is 2.82. The summed E-state index contributed by atoms with van der Waals surface area (Å²) in [6, 6.07) is 20.6. The topological polar surface area (TPSA) is 185 Å². The zero-order valence-electron chi connectivity index (χ0n) is 30.9. The van der Waals surface area contributed by atoms with Gasteiger partial charge in [-0.1, -0.05) is 40.9 Å². The molecule has 0 saturated carbocycles. The Bertz CT molecular complexity index is 2480. The maximum absolute atomic E-state index is 11.5. The summed E-state index contributed by atoms with van der Waals surface area (Å²) in [5.74, 6) is -1.73. The van der Waals surface area contributed by atoms with Crippen LogP contribution in [-0.4, -0.2) is 71.5 Å². The van der Waals surface area contributed by atoms with Crippen molar-refractivity contribution in [3.05, 3.63) is 133 Å².